The molecule has 4 nitrogen and oxygen atoms in total. The van der Waals surface area contributed by atoms with Gasteiger partial charge in [0.05, 0.1) is 7.11 Å². The monoisotopic (exact) mass is 293 g/mol. The first kappa shape index (κ1) is 16.1. The van der Waals surface area contributed by atoms with E-state index in [9.17, 15) is 5.11 Å². The SMILES string of the molecule is CCC1(CO)CCN(CCOc2ccccc2OC)CC1. The number of para-hydroxylation sites is 2. The minimum absolute atomic E-state index is 0.153. The highest BCUT2D eigenvalue weighted by Crippen LogP contribution is 2.34. The average Bonchev–Trinajstić information content (AvgIpc) is 2.56. The summed E-state index contributed by atoms with van der Waals surface area (Å²) in [5.41, 5.74) is 0.153. The van der Waals surface area contributed by atoms with Crippen molar-refractivity contribution in [3.63, 3.8) is 0 Å². The topological polar surface area (TPSA) is 41.9 Å². The maximum Gasteiger partial charge on any atom is 0.161 e. The normalized spacial score (nSPS) is 18.4. The van der Waals surface area contributed by atoms with Gasteiger partial charge in [-0.1, -0.05) is 19.1 Å². The molecule has 1 aromatic rings. The van der Waals surface area contributed by atoms with Crippen LogP contribution in [0.2, 0.25) is 0 Å². The van der Waals surface area contributed by atoms with Crippen molar-refractivity contribution in [2.75, 3.05) is 40.0 Å². The van der Waals surface area contributed by atoms with Crippen molar-refractivity contribution in [1.29, 1.82) is 0 Å². The van der Waals surface area contributed by atoms with E-state index >= 15 is 0 Å². The molecule has 0 aromatic heterocycles. The standard InChI is InChI=1S/C17H27NO3/c1-3-17(14-19)8-10-18(11-9-17)12-13-21-16-7-5-4-6-15(16)20-2/h4-7,19H,3,8-14H2,1-2H3. The molecule has 1 fully saturated rings. The van der Waals surface area contributed by atoms with Crippen LogP contribution in [-0.2, 0) is 0 Å². The molecule has 1 aliphatic heterocycles. The van der Waals surface area contributed by atoms with Crippen LogP contribution < -0.4 is 9.47 Å². The number of nitrogens with zero attached hydrogens (tertiary/aromatic N) is 1. The van der Waals surface area contributed by atoms with Crippen LogP contribution in [0.15, 0.2) is 24.3 Å². The van der Waals surface area contributed by atoms with Gasteiger partial charge in [-0.25, -0.2) is 0 Å². The summed E-state index contributed by atoms with van der Waals surface area (Å²) in [5.74, 6) is 1.58. The van der Waals surface area contributed by atoms with Gasteiger partial charge in [-0.15, -0.1) is 0 Å². The van der Waals surface area contributed by atoms with Gasteiger partial charge in [-0.2, -0.15) is 0 Å². The Morgan fingerprint density at radius 1 is 1.19 bits per heavy atom. The fourth-order valence-corrected chi connectivity index (χ4v) is 2.90. The first-order chi connectivity index (χ1) is 10.2. The second kappa shape index (κ2) is 7.66. The zero-order valence-electron chi connectivity index (χ0n) is 13.2. The summed E-state index contributed by atoms with van der Waals surface area (Å²) in [6.07, 6.45) is 3.22. The lowest BCUT2D eigenvalue weighted by Gasteiger charge is -2.40. The minimum atomic E-state index is 0.153. The molecule has 0 radical (unpaired) electrons. The molecule has 118 valence electrons. The van der Waals surface area contributed by atoms with E-state index in [1.54, 1.807) is 7.11 Å². The number of likely N-dealkylation sites (tertiary alicyclic amines) is 1. The number of methoxy groups -OCH3 is 1. The van der Waals surface area contributed by atoms with Gasteiger partial charge in [0.25, 0.3) is 0 Å². The van der Waals surface area contributed by atoms with E-state index < -0.39 is 0 Å². The fraction of sp³-hybridized carbons (Fsp3) is 0.647. The predicted octanol–water partition coefficient (Wildman–Crippen LogP) is 2.56. The lowest BCUT2D eigenvalue weighted by Crippen LogP contribution is -2.43. The van der Waals surface area contributed by atoms with E-state index in [4.69, 9.17) is 9.47 Å². The molecule has 0 amide bonds. The number of aliphatic hydroxyl groups is 1. The van der Waals surface area contributed by atoms with Crippen LogP contribution in [0.3, 0.4) is 0 Å². The molecule has 0 unspecified atom stereocenters. The van der Waals surface area contributed by atoms with E-state index in [0.717, 1.165) is 50.4 Å². The third-order valence-corrected chi connectivity index (χ3v) is 4.74. The van der Waals surface area contributed by atoms with Crippen LogP contribution in [0.4, 0.5) is 0 Å². The van der Waals surface area contributed by atoms with Gasteiger partial charge < -0.3 is 14.6 Å². The molecule has 1 heterocycles. The van der Waals surface area contributed by atoms with Crippen LogP contribution in [0.25, 0.3) is 0 Å². The highest BCUT2D eigenvalue weighted by Gasteiger charge is 2.32. The maximum atomic E-state index is 9.55. The first-order valence-corrected chi connectivity index (χ1v) is 7.82. The number of piperidine rings is 1. The molecule has 21 heavy (non-hydrogen) atoms. The molecule has 1 N–H and O–H groups in total. The van der Waals surface area contributed by atoms with Crippen molar-refractivity contribution >= 4 is 0 Å². The van der Waals surface area contributed by atoms with Gasteiger partial charge in [-0.05, 0) is 49.9 Å². The molecule has 0 aliphatic carbocycles. The first-order valence-electron chi connectivity index (χ1n) is 7.82. The van der Waals surface area contributed by atoms with Crippen LogP contribution in [0.5, 0.6) is 11.5 Å². The van der Waals surface area contributed by atoms with Gasteiger partial charge >= 0.3 is 0 Å². The zero-order chi connectivity index (χ0) is 15.1. The molecular weight excluding hydrogens is 266 g/mol. The maximum absolute atomic E-state index is 9.55. The number of aliphatic hydroxyl groups excluding tert-OH is 1. The molecule has 0 atom stereocenters. The second-order valence-corrected chi connectivity index (χ2v) is 5.85. The zero-order valence-corrected chi connectivity index (χ0v) is 13.2. The van der Waals surface area contributed by atoms with Crippen molar-refractivity contribution in [2.45, 2.75) is 26.2 Å². The van der Waals surface area contributed by atoms with Crippen molar-refractivity contribution in [1.82, 2.24) is 4.90 Å². The van der Waals surface area contributed by atoms with Crippen molar-refractivity contribution in [3.8, 4) is 11.5 Å². The van der Waals surface area contributed by atoms with Gasteiger partial charge in [0.2, 0.25) is 0 Å². The smallest absolute Gasteiger partial charge is 0.161 e. The summed E-state index contributed by atoms with van der Waals surface area (Å²) in [5, 5.41) is 9.55. The Morgan fingerprint density at radius 3 is 2.43 bits per heavy atom. The van der Waals surface area contributed by atoms with Crippen LogP contribution in [0, 0.1) is 5.41 Å². The summed E-state index contributed by atoms with van der Waals surface area (Å²) in [7, 11) is 1.66. The molecule has 4 heteroatoms. The van der Waals surface area contributed by atoms with Crippen LogP contribution in [0.1, 0.15) is 26.2 Å². The average molecular weight is 293 g/mol. The van der Waals surface area contributed by atoms with E-state index in [1.165, 1.54) is 0 Å². The molecule has 1 aliphatic rings. The molecular formula is C17H27NO3. The Kier molecular flexibility index (Phi) is 5.88. The third-order valence-electron chi connectivity index (χ3n) is 4.74. The lowest BCUT2D eigenvalue weighted by atomic mass is 9.77. The Bertz CT molecular complexity index is 422. The van der Waals surface area contributed by atoms with Crippen LogP contribution >= 0.6 is 0 Å². The Morgan fingerprint density at radius 2 is 1.86 bits per heavy atom. The van der Waals surface area contributed by atoms with E-state index in [2.05, 4.69) is 11.8 Å². The molecule has 0 bridgehead atoms. The van der Waals surface area contributed by atoms with E-state index in [1.807, 2.05) is 24.3 Å². The molecule has 0 spiro atoms. The number of rotatable bonds is 7. The number of benzene rings is 1. The summed E-state index contributed by atoms with van der Waals surface area (Å²) >= 11 is 0. The quantitative estimate of drug-likeness (QED) is 0.839. The van der Waals surface area contributed by atoms with Gasteiger partial charge in [-0.3, -0.25) is 4.90 Å². The van der Waals surface area contributed by atoms with Crippen molar-refractivity contribution in [3.05, 3.63) is 24.3 Å². The summed E-state index contributed by atoms with van der Waals surface area (Å²) in [6.45, 7) is 6.17. The largest absolute Gasteiger partial charge is 0.493 e. The fourth-order valence-electron chi connectivity index (χ4n) is 2.90. The summed E-state index contributed by atoms with van der Waals surface area (Å²) in [6, 6.07) is 7.74. The molecule has 0 saturated carbocycles. The highest BCUT2D eigenvalue weighted by atomic mass is 16.5. The summed E-state index contributed by atoms with van der Waals surface area (Å²) < 4.78 is 11.1. The highest BCUT2D eigenvalue weighted by molar-refractivity contribution is 5.39. The molecule has 2 rings (SSSR count). The van der Waals surface area contributed by atoms with Gasteiger partial charge in [0.15, 0.2) is 11.5 Å². The Labute approximate surface area is 127 Å². The van der Waals surface area contributed by atoms with E-state index in [-0.39, 0.29) is 5.41 Å². The molecule has 1 saturated heterocycles. The summed E-state index contributed by atoms with van der Waals surface area (Å²) in [4.78, 5) is 2.42. The minimum Gasteiger partial charge on any atom is -0.493 e. The number of ether oxygens (including phenoxy) is 2. The third kappa shape index (κ3) is 4.11. The predicted molar refractivity (Wildman–Crippen MR) is 84.0 cm³/mol. The molecule has 1 aromatic carbocycles. The Hall–Kier alpha value is -1.26. The second-order valence-electron chi connectivity index (χ2n) is 5.85. The Balaban J connectivity index is 1.75. The number of hydrogen-bond donors (Lipinski definition) is 1. The van der Waals surface area contributed by atoms with Gasteiger partial charge in [0, 0.05) is 13.2 Å². The van der Waals surface area contributed by atoms with Crippen LogP contribution in [-0.4, -0.2) is 50.0 Å². The van der Waals surface area contributed by atoms with Gasteiger partial charge in [0.1, 0.15) is 6.61 Å². The van der Waals surface area contributed by atoms with Crippen molar-refractivity contribution in [2.24, 2.45) is 5.41 Å². The van der Waals surface area contributed by atoms with Crippen molar-refractivity contribution < 1.29 is 14.6 Å². The number of hydrogen-bond acceptors (Lipinski definition) is 4. The lowest BCUT2D eigenvalue weighted by molar-refractivity contribution is 0.0365. The van der Waals surface area contributed by atoms with E-state index in [0.29, 0.717) is 13.2 Å².